The van der Waals surface area contributed by atoms with Crippen LogP contribution in [-0.2, 0) is 0 Å². The van der Waals surface area contributed by atoms with Gasteiger partial charge in [0.05, 0.1) is 21.1 Å². The van der Waals surface area contributed by atoms with Crippen LogP contribution in [0.4, 0.5) is 10.5 Å². The molecule has 1 aliphatic rings. The molecule has 22 heavy (non-hydrogen) atoms. The predicted octanol–water partition coefficient (Wildman–Crippen LogP) is 2.33. The second kappa shape index (κ2) is 9.19. The number of hydrogen-bond acceptors (Lipinski definition) is 3. The van der Waals surface area contributed by atoms with Crippen molar-refractivity contribution >= 4 is 35.8 Å². The van der Waals surface area contributed by atoms with Crippen molar-refractivity contribution < 1.29 is 15.0 Å². The highest BCUT2D eigenvalue weighted by molar-refractivity contribution is 14.0. The van der Waals surface area contributed by atoms with Crippen LogP contribution in [0, 0.1) is 6.92 Å². The average Bonchev–Trinajstić information content (AvgIpc) is 2.42. The van der Waals surface area contributed by atoms with E-state index in [1.54, 1.807) is 0 Å². The van der Waals surface area contributed by atoms with E-state index in [-0.39, 0.29) is 24.0 Å². The number of aromatic hydroxyl groups is 1. The van der Waals surface area contributed by atoms with Crippen LogP contribution >= 0.6 is 24.0 Å². The molecule has 0 unspecified atom stereocenters. The Morgan fingerprint density at radius 2 is 1.73 bits per heavy atom. The van der Waals surface area contributed by atoms with Crippen molar-refractivity contribution in [1.82, 2.24) is 9.38 Å². The van der Waals surface area contributed by atoms with Crippen LogP contribution in [0.3, 0.4) is 0 Å². The standard InChI is InChI=1S/C10H15NO.C6H11NO2.HI/c1-8-5-6-9(7-10(8)12)11(2,3)4;8-6(9)7-4-2-1-3-5-7;/h5-7H,1-4H3;1-5H2,(H,8,9);1H. The maximum absolute atomic E-state index is 10.2. The number of carboxylic acid groups (broad SMARTS) is 1. The van der Waals surface area contributed by atoms with E-state index < -0.39 is 6.09 Å². The molecular formula is C16H27IN2O3. The van der Waals surface area contributed by atoms with Gasteiger partial charge in [-0.2, -0.15) is 0 Å². The van der Waals surface area contributed by atoms with Gasteiger partial charge in [0.25, 0.3) is 0 Å². The van der Waals surface area contributed by atoms with E-state index in [4.69, 9.17) is 0 Å². The van der Waals surface area contributed by atoms with Gasteiger partial charge in [0.1, 0.15) is 17.5 Å². The number of hydrogen-bond donors (Lipinski definition) is 1. The summed E-state index contributed by atoms with van der Waals surface area (Å²) in [4.78, 5) is 11.5. The summed E-state index contributed by atoms with van der Waals surface area (Å²) in [5.41, 5.74) is 2.03. The lowest BCUT2D eigenvalue weighted by molar-refractivity contribution is -0.266. The minimum atomic E-state index is -1.02. The molecule has 1 saturated heterocycles. The number of quaternary nitrogens is 1. The number of carbonyl (C=O) groups excluding carboxylic acids is 1. The number of halogens is 1. The van der Waals surface area contributed by atoms with Crippen LogP contribution in [0.25, 0.3) is 0 Å². The Labute approximate surface area is 150 Å². The van der Waals surface area contributed by atoms with Crippen LogP contribution < -0.4 is 9.59 Å². The Hall–Kier alpha value is -1.02. The van der Waals surface area contributed by atoms with Gasteiger partial charge < -0.3 is 19.9 Å². The zero-order valence-corrected chi connectivity index (χ0v) is 16.2. The summed E-state index contributed by atoms with van der Waals surface area (Å²) in [6.45, 7) is 3.24. The monoisotopic (exact) mass is 422 g/mol. The maximum atomic E-state index is 10.2. The second-order valence-electron chi connectivity index (χ2n) is 6.30. The minimum absolute atomic E-state index is 0. The van der Waals surface area contributed by atoms with Gasteiger partial charge in [-0.3, -0.25) is 4.48 Å². The summed E-state index contributed by atoms with van der Waals surface area (Å²) in [5, 5.41) is 19.6. The topological polar surface area (TPSA) is 63.6 Å². The first-order valence-electron chi connectivity index (χ1n) is 7.29. The summed E-state index contributed by atoms with van der Waals surface area (Å²) in [6.07, 6.45) is 2.13. The number of carbonyl (C=O) groups is 1. The molecule has 2 rings (SSSR count). The van der Waals surface area contributed by atoms with Crippen molar-refractivity contribution in [2.24, 2.45) is 0 Å². The molecule has 0 aliphatic carbocycles. The van der Waals surface area contributed by atoms with Crippen LogP contribution in [0.2, 0.25) is 0 Å². The lowest BCUT2D eigenvalue weighted by Gasteiger charge is -2.28. The molecule has 5 nitrogen and oxygen atoms in total. The smallest absolute Gasteiger partial charge is 0.136 e. The van der Waals surface area contributed by atoms with E-state index in [2.05, 4.69) is 21.1 Å². The molecule has 1 N–H and O–H groups in total. The van der Waals surface area contributed by atoms with E-state index >= 15 is 0 Å². The number of aryl methyl sites for hydroxylation is 1. The number of piperidine rings is 1. The van der Waals surface area contributed by atoms with Gasteiger partial charge in [-0.05, 0) is 43.9 Å². The molecule has 0 bridgehead atoms. The normalized spacial score (nSPS) is 14.5. The second-order valence-corrected chi connectivity index (χ2v) is 6.30. The SMILES string of the molecule is Cc1ccc([N+](C)(C)C)cc1O.I.O=C([O-])N1CCCCC1. The molecule has 1 aliphatic heterocycles. The molecule has 1 heterocycles. The highest BCUT2D eigenvalue weighted by Crippen LogP contribution is 2.25. The third-order valence-electron chi connectivity index (χ3n) is 3.58. The number of nitrogens with zero attached hydrogens (tertiary/aromatic N) is 2. The molecule has 0 atom stereocenters. The summed E-state index contributed by atoms with van der Waals surface area (Å²) in [5.74, 6) is 0.376. The lowest BCUT2D eigenvalue weighted by atomic mass is 10.1. The first kappa shape index (κ1) is 21.0. The average molecular weight is 422 g/mol. The summed E-state index contributed by atoms with van der Waals surface area (Å²) < 4.78 is 0.730. The number of rotatable bonds is 1. The predicted molar refractivity (Wildman–Crippen MR) is 98.6 cm³/mol. The van der Waals surface area contributed by atoms with Gasteiger partial charge >= 0.3 is 0 Å². The van der Waals surface area contributed by atoms with Crippen molar-refractivity contribution in [2.45, 2.75) is 26.2 Å². The third kappa shape index (κ3) is 6.83. The molecular weight excluding hydrogens is 395 g/mol. The van der Waals surface area contributed by atoms with Gasteiger partial charge in [-0.15, -0.1) is 24.0 Å². The molecule has 126 valence electrons. The summed E-state index contributed by atoms with van der Waals surface area (Å²) >= 11 is 0. The van der Waals surface area contributed by atoms with Crippen LogP contribution in [0.1, 0.15) is 24.8 Å². The Balaban J connectivity index is 0.000000397. The molecule has 1 amide bonds. The Kier molecular flexibility index (Phi) is 8.77. The fraction of sp³-hybridized carbons (Fsp3) is 0.562. The first-order chi connectivity index (χ1) is 9.71. The van der Waals surface area contributed by atoms with Gasteiger partial charge in [0.2, 0.25) is 0 Å². The van der Waals surface area contributed by atoms with Gasteiger partial charge in [-0.25, -0.2) is 0 Å². The fourth-order valence-corrected chi connectivity index (χ4v) is 2.09. The van der Waals surface area contributed by atoms with E-state index in [0.717, 1.165) is 35.0 Å². The number of likely N-dealkylation sites (tertiary alicyclic amines) is 1. The number of benzene rings is 1. The largest absolute Gasteiger partial charge is 0.530 e. The molecule has 0 saturated carbocycles. The van der Waals surface area contributed by atoms with E-state index in [1.807, 2.05) is 25.1 Å². The van der Waals surface area contributed by atoms with Crippen molar-refractivity contribution in [3.05, 3.63) is 23.8 Å². The van der Waals surface area contributed by atoms with Crippen LogP contribution in [0.5, 0.6) is 5.75 Å². The van der Waals surface area contributed by atoms with Crippen LogP contribution in [-0.4, -0.2) is 50.3 Å². The number of amides is 1. The highest BCUT2D eigenvalue weighted by Gasteiger charge is 2.12. The fourth-order valence-electron chi connectivity index (χ4n) is 2.09. The number of phenols is 1. The zero-order chi connectivity index (χ0) is 16.0. The zero-order valence-electron chi connectivity index (χ0n) is 13.8. The molecule has 1 fully saturated rings. The quantitative estimate of drug-likeness (QED) is 0.558. The Bertz CT molecular complexity index is 481. The molecule has 6 heteroatoms. The highest BCUT2D eigenvalue weighted by atomic mass is 127. The van der Waals surface area contributed by atoms with Crippen molar-refractivity contribution in [2.75, 3.05) is 34.2 Å². The molecule has 1 aromatic rings. The van der Waals surface area contributed by atoms with Gasteiger partial charge in [0.15, 0.2) is 0 Å². The van der Waals surface area contributed by atoms with Crippen molar-refractivity contribution in [3.63, 3.8) is 0 Å². The van der Waals surface area contributed by atoms with Gasteiger partial charge in [0, 0.05) is 19.2 Å². The Morgan fingerprint density at radius 3 is 2.09 bits per heavy atom. The first-order valence-corrected chi connectivity index (χ1v) is 7.29. The van der Waals surface area contributed by atoms with E-state index in [0.29, 0.717) is 18.8 Å². The molecule has 1 aromatic carbocycles. The van der Waals surface area contributed by atoms with E-state index in [9.17, 15) is 15.0 Å². The number of phenolic OH excluding ortho intramolecular Hbond substituents is 1. The Morgan fingerprint density at radius 1 is 1.18 bits per heavy atom. The minimum Gasteiger partial charge on any atom is -0.530 e. The third-order valence-corrected chi connectivity index (χ3v) is 3.58. The van der Waals surface area contributed by atoms with E-state index in [1.165, 1.54) is 4.90 Å². The van der Waals surface area contributed by atoms with Crippen LogP contribution in [0.15, 0.2) is 18.2 Å². The lowest BCUT2D eigenvalue weighted by Crippen LogP contribution is -2.43. The van der Waals surface area contributed by atoms with Gasteiger partial charge in [-0.1, -0.05) is 0 Å². The van der Waals surface area contributed by atoms with Crippen molar-refractivity contribution in [1.29, 1.82) is 0 Å². The summed E-state index contributed by atoms with van der Waals surface area (Å²) in [7, 11) is 6.22. The maximum Gasteiger partial charge on any atom is 0.136 e. The molecule has 0 radical (unpaired) electrons. The van der Waals surface area contributed by atoms with Crippen molar-refractivity contribution in [3.8, 4) is 5.75 Å². The molecule has 0 spiro atoms. The summed E-state index contributed by atoms with van der Waals surface area (Å²) in [6, 6.07) is 5.79. The molecule has 0 aromatic heterocycles.